The minimum atomic E-state index is -0.446. The second kappa shape index (κ2) is 5.81. The molecule has 1 fully saturated rings. The number of hydroxylamine groups is 2. The Labute approximate surface area is 136 Å². The molecule has 0 saturated carbocycles. The molecule has 0 bridgehead atoms. The van der Waals surface area contributed by atoms with Gasteiger partial charge in [0.15, 0.2) is 0 Å². The summed E-state index contributed by atoms with van der Waals surface area (Å²) in [5.41, 5.74) is 0.0475. The van der Waals surface area contributed by atoms with Gasteiger partial charge in [0.2, 0.25) is 6.29 Å². The Morgan fingerprint density at radius 1 is 1.13 bits per heavy atom. The molecule has 1 aromatic rings. The highest BCUT2D eigenvalue weighted by atomic mass is 16.9. The van der Waals surface area contributed by atoms with Crippen molar-refractivity contribution in [1.29, 1.82) is 0 Å². The normalized spacial score (nSPS) is 20.7. The maximum Gasteiger partial charge on any atom is 0.320 e. The number of rotatable bonds is 2. The van der Waals surface area contributed by atoms with Gasteiger partial charge in [0.05, 0.1) is 16.1 Å². The van der Waals surface area contributed by atoms with Crippen LogP contribution in [0, 0.1) is 15.5 Å². The highest BCUT2D eigenvalue weighted by Gasteiger charge is 2.43. The van der Waals surface area contributed by atoms with Crippen LogP contribution >= 0.6 is 0 Å². The molecule has 1 aliphatic heterocycles. The van der Waals surface area contributed by atoms with Gasteiger partial charge >= 0.3 is 6.02 Å². The van der Waals surface area contributed by atoms with E-state index in [1.165, 1.54) is 12.1 Å². The lowest BCUT2D eigenvalue weighted by Gasteiger charge is -2.30. The zero-order chi connectivity index (χ0) is 17.4. The number of non-ortho nitro benzene ring substituents is 1. The predicted molar refractivity (Wildman–Crippen MR) is 87.2 cm³/mol. The first-order chi connectivity index (χ1) is 10.5. The van der Waals surface area contributed by atoms with E-state index in [2.05, 4.69) is 4.99 Å². The van der Waals surface area contributed by atoms with Gasteiger partial charge < -0.3 is 4.74 Å². The quantitative estimate of drug-likeness (QED) is 0.607. The van der Waals surface area contributed by atoms with E-state index in [1.54, 1.807) is 17.2 Å². The van der Waals surface area contributed by atoms with Gasteiger partial charge in [-0.15, -0.1) is 0 Å². The van der Waals surface area contributed by atoms with Gasteiger partial charge in [-0.05, 0) is 32.9 Å². The number of ether oxygens (including phenoxy) is 1. The Balaban J connectivity index is 2.32. The maximum atomic E-state index is 10.7. The summed E-state index contributed by atoms with van der Waals surface area (Å²) in [4.78, 5) is 20.6. The van der Waals surface area contributed by atoms with E-state index in [-0.39, 0.29) is 16.6 Å². The molecule has 1 aliphatic rings. The van der Waals surface area contributed by atoms with Gasteiger partial charge in [0, 0.05) is 17.5 Å². The first-order valence-electron chi connectivity index (χ1n) is 7.45. The molecule has 7 nitrogen and oxygen atoms in total. The van der Waals surface area contributed by atoms with Crippen molar-refractivity contribution in [3.8, 4) is 0 Å². The summed E-state index contributed by atoms with van der Waals surface area (Å²) in [6, 6.07) is 6.35. The number of nitro benzene ring substituents is 1. The molecule has 0 N–H and O–H groups in total. The van der Waals surface area contributed by atoms with Crippen LogP contribution in [0.2, 0.25) is 0 Å². The SMILES string of the molecule is CC(C)(C)C1OC(=Nc2ccc([N+](=O)[O-])cc2)N(C(C)(C)C)O1. The lowest BCUT2D eigenvalue weighted by Crippen LogP contribution is -2.42. The summed E-state index contributed by atoms with van der Waals surface area (Å²) < 4.78 is 5.87. The van der Waals surface area contributed by atoms with Gasteiger partial charge in [-0.1, -0.05) is 20.8 Å². The zero-order valence-corrected chi connectivity index (χ0v) is 14.4. The Bertz CT molecular complexity index is 612. The van der Waals surface area contributed by atoms with E-state index in [1.807, 2.05) is 41.5 Å². The fourth-order valence-corrected chi connectivity index (χ4v) is 1.92. The average molecular weight is 321 g/mol. The van der Waals surface area contributed by atoms with E-state index in [0.29, 0.717) is 11.7 Å². The number of hydrogen-bond acceptors (Lipinski definition) is 5. The summed E-state index contributed by atoms with van der Waals surface area (Å²) >= 11 is 0. The summed E-state index contributed by atoms with van der Waals surface area (Å²) in [7, 11) is 0. The number of hydrogen-bond donors (Lipinski definition) is 0. The smallest absolute Gasteiger partial charge is 0.320 e. The molecule has 0 radical (unpaired) electrons. The lowest BCUT2D eigenvalue weighted by atomic mass is 9.96. The maximum absolute atomic E-state index is 10.7. The lowest BCUT2D eigenvalue weighted by molar-refractivity contribution is -0.384. The fraction of sp³-hybridized carbons (Fsp3) is 0.562. The summed E-state index contributed by atoms with van der Waals surface area (Å²) in [6.07, 6.45) is -0.446. The molecule has 1 unspecified atom stereocenters. The monoisotopic (exact) mass is 321 g/mol. The number of aliphatic imine (C=N–C) groups is 1. The number of nitrogens with zero attached hydrogens (tertiary/aromatic N) is 3. The van der Waals surface area contributed by atoms with Gasteiger partial charge in [-0.3, -0.25) is 10.1 Å². The van der Waals surface area contributed by atoms with Crippen LogP contribution in [-0.2, 0) is 9.57 Å². The Kier molecular flexibility index (Phi) is 4.34. The van der Waals surface area contributed by atoms with Gasteiger partial charge in [0.25, 0.3) is 5.69 Å². The molecule has 0 aromatic heterocycles. The fourth-order valence-electron chi connectivity index (χ4n) is 1.92. The largest absolute Gasteiger partial charge is 0.431 e. The van der Waals surface area contributed by atoms with E-state index in [9.17, 15) is 10.1 Å². The molecule has 1 heterocycles. The molecular formula is C16H23N3O4. The molecule has 1 atom stereocenters. The van der Waals surface area contributed by atoms with Crippen molar-refractivity contribution in [2.24, 2.45) is 10.4 Å². The molecule has 1 aromatic carbocycles. The van der Waals surface area contributed by atoms with Crippen LogP contribution in [0.4, 0.5) is 11.4 Å². The predicted octanol–water partition coefficient (Wildman–Crippen LogP) is 4.02. The molecule has 1 saturated heterocycles. The van der Waals surface area contributed by atoms with E-state index in [0.717, 1.165) is 0 Å². The molecule has 2 rings (SSSR count). The average Bonchev–Trinajstić information content (AvgIpc) is 2.83. The van der Waals surface area contributed by atoms with Crippen molar-refractivity contribution in [2.75, 3.05) is 0 Å². The van der Waals surface area contributed by atoms with Crippen LogP contribution in [0.1, 0.15) is 41.5 Å². The van der Waals surface area contributed by atoms with Crippen LogP contribution in [0.25, 0.3) is 0 Å². The molecule has 23 heavy (non-hydrogen) atoms. The first-order valence-corrected chi connectivity index (χ1v) is 7.45. The van der Waals surface area contributed by atoms with E-state index in [4.69, 9.17) is 9.57 Å². The summed E-state index contributed by atoms with van der Waals surface area (Å²) in [6.45, 7) is 12.0. The number of benzene rings is 1. The molecule has 0 aliphatic carbocycles. The minimum Gasteiger partial charge on any atom is -0.431 e. The molecule has 0 spiro atoms. The third-order valence-electron chi connectivity index (χ3n) is 3.19. The van der Waals surface area contributed by atoms with Crippen LogP contribution in [0.5, 0.6) is 0 Å². The van der Waals surface area contributed by atoms with Crippen LogP contribution in [0.15, 0.2) is 29.3 Å². The first kappa shape index (κ1) is 17.2. The van der Waals surface area contributed by atoms with Crippen molar-refractivity contribution >= 4 is 17.4 Å². The van der Waals surface area contributed by atoms with Gasteiger partial charge in [0.1, 0.15) is 0 Å². The van der Waals surface area contributed by atoms with E-state index < -0.39 is 11.2 Å². The Hall–Kier alpha value is -2.15. The highest BCUT2D eigenvalue weighted by Crippen LogP contribution is 2.34. The van der Waals surface area contributed by atoms with Crippen LogP contribution in [-0.4, -0.2) is 27.8 Å². The number of nitro groups is 1. The third-order valence-corrected chi connectivity index (χ3v) is 3.19. The Morgan fingerprint density at radius 2 is 1.70 bits per heavy atom. The Morgan fingerprint density at radius 3 is 2.13 bits per heavy atom. The molecule has 126 valence electrons. The van der Waals surface area contributed by atoms with Crippen molar-refractivity contribution < 1.29 is 14.5 Å². The van der Waals surface area contributed by atoms with Crippen molar-refractivity contribution in [2.45, 2.75) is 53.4 Å². The zero-order valence-electron chi connectivity index (χ0n) is 14.4. The molecule has 0 amide bonds. The molecular weight excluding hydrogens is 298 g/mol. The van der Waals surface area contributed by atoms with E-state index >= 15 is 0 Å². The van der Waals surface area contributed by atoms with Gasteiger partial charge in [-0.25, -0.2) is 4.84 Å². The standard InChI is InChI=1S/C16H23N3O4/c1-15(2,3)13-22-14(18(23-13)16(4,5)6)17-11-7-9-12(10-8-11)19(20)21/h7-10,13H,1-6H3. The van der Waals surface area contributed by atoms with Crippen LogP contribution in [0.3, 0.4) is 0 Å². The highest BCUT2D eigenvalue weighted by molar-refractivity contribution is 5.78. The number of amidine groups is 1. The van der Waals surface area contributed by atoms with Crippen molar-refractivity contribution in [1.82, 2.24) is 5.06 Å². The summed E-state index contributed by atoms with van der Waals surface area (Å²) in [5.74, 6) is 0. The molecule has 7 heteroatoms. The van der Waals surface area contributed by atoms with Gasteiger partial charge in [-0.2, -0.15) is 10.1 Å². The topological polar surface area (TPSA) is 77.2 Å². The minimum absolute atomic E-state index is 0.0257. The summed E-state index contributed by atoms with van der Waals surface area (Å²) in [5, 5.41) is 12.4. The second-order valence-electron chi connectivity index (χ2n) is 7.55. The second-order valence-corrected chi connectivity index (χ2v) is 7.55. The van der Waals surface area contributed by atoms with Crippen molar-refractivity contribution in [3.05, 3.63) is 34.4 Å². The third kappa shape index (κ3) is 3.98. The van der Waals surface area contributed by atoms with Crippen molar-refractivity contribution in [3.63, 3.8) is 0 Å². The van der Waals surface area contributed by atoms with Crippen LogP contribution < -0.4 is 0 Å².